The first-order valence-electron chi connectivity index (χ1n) is 31.7. The zero-order valence-electron chi connectivity index (χ0n) is 51.4. The van der Waals surface area contributed by atoms with E-state index in [1.807, 2.05) is 0 Å². The van der Waals surface area contributed by atoms with Crippen molar-refractivity contribution in [2.24, 2.45) is 23.7 Å². The molecule has 31 nitrogen and oxygen atoms in total. The fraction of sp³-hybridized carbons (Fsp3) is 0.900. The molecule has 0 aromatic rings. The molecular formula is C60H96O31. The van der Waals surface area contributed by atoms with E-state index in [2.05, 4.69) is 0 Å². The van der Waals surface area contributed by atoms with Crippen molar-refractivity contribution in [1.29, 1.82) is 0 Å². The summed E-state index contributed by atoms with van der Waals surface area (Å²) in [5, 5.41) is 162. The molecule has 31 heteroatoms. The van der Waals surface area contributed by atoms with Gasteiger partial charge in [-0.15, -0.1) is 0 Å². The van der Waals surface area contributed by atoms with Gasteiger partial charge in [0.05, 0.1) is 80.4 Å². The van der Waals surface area contributed by atoms with Crippen molar-refractivity contribution in [1.82, 2.24) is 0 Å². The minimum Gasteiger partial charge on any atom is -0.460 e. The standard InChI is InChI=1S/C60H96O31/c1-24-55(91-42(65)14-8-25-5-10-29(11-6-25)84-58-51(74)48(71)45(68)39(89-58)22-81-41(64)13-9-26-7-12-31(63)34(15-26)78-2)50(73)54(77)57(83-24)82-23-40-46(69)49(72)53(76)60(90-40)87-37-20-30-32(85-56(37)27-16-35(79-3)43(66)36(17-27)80-4)18-28(62)19-33(30)86-59-52(75)47(70)44(67)38(21-61)88-59/h8-9,13-14,24-40,43-63,66-77H,5-7,10-12,15-23H2,1-4H3/t24-,25?,26?,27?,28?,29?,30?,31?,32?,33?,34?,35?,36?,37?,38+,39+,40+,43?,44+,45+,46+,47-,48-,49-,50-,51+,52+,53+,54+,55-,56?,57+,58+,59+,60+/m0/s1. The van der Waals surface area contributed by atoms with Gasteiger partial charge in [0, 0.05) is 45.8 Å². The topological polar surface area (TPSA) is 467 Å². The monoisotopic (exact) mass is 1310 g/mol. The maximum atomic E-state index is 13.2. The third-order valence-corrected chi connectivity index (χ3v) is 19.9. The summed E-state index contributed by atoms with van der Waals surface area (Å²) in [6.45, 7) is -0.320. The zero-order valence-corrected chi connectivity index (χ0v) is 51.4. The Bertz CT molecular complexity index is 2320. The maximum absolute atomic E-state index is 13.2. The molecule has 15 N–H and O–H groups in total. The van der Waals surface area contributed by atoms with E-state index >= 15 is 0 Å². The second kappa shape index (κ2) is 32.6. The quantitative estimate of drug-likeness (QED) is 0.0377. The second-order valence-corrected chi connectivity index (χ2v) is 25.9. The molecular weight excluding hydrogens is 1220 g/mol. The summed E-state index contributed by atoms with van der Waals surface area (Å²) in [5.41, 5.74) is 0. The molecule has 9 rings (SSSR count). The molecule has 9 aliphatic rings. The Morgan fingerprint density at radius 1 is 0.462 bits per heavy atom. The van der Waals surface area contributed by atoms with Crippen molar-refractivity contribution in [3.63, 3.8) is 0 Å². The molecule has 0 bridgehead atoms. The highest BCUT2D eigenvalue weighted by Gasteiger charge is 2.56. The molecule has 31 atom stereocenters. The number of hydrogen-bond acceptors (Lipinski definition) is 31. The summed E-state index contributed by atoms with van der Waals surface area (Å²) in [6, 6.07) is 0. The molecule has 5 saturated heterocycles. The third kappa shape index (κ3) is 17.2. The largest absolute Gasteiger partial charge is 0.460 e. The summed E-state index contributed by atoms with van der Waals surface area (Å²) in [7, 11) is 4.38. The Kier molecular flexibility index (Phi) is 26.0. The van der Waals surface area contributed by atoms with Gasteiger partial charge < -0.3 is 143 Å². The number of carbonyl (C=O) groups excluding carboxylic acids is 2. The van der Waals surface area contributed by atoms with Gasteiger partial charge in [0.15, 0.2) is 31.3 Å². The van der Waals surface area contributed by atoms with Crippen LogP contribution in [0.4, 0.5) is 0 Å². The van der Waals surface area contributed by atoms with Gasteiger partial charge in [-0.05, 0) is 95.3 Å². The lowest BCUT2D eigenvalue weighted by atomic mass is 9.72. The lowest BCUT2D eigenvalue weighted by Crippen LogP contribution is -2.64. The van der Waals surface area contributed by atoms with Crippen LogP contribution < -0.4 is 0 Å². The molecule has 0 radical (unpaired) electrons. The minimum atomic E-state index is -1.91. The van der Waals surface area contributed by atoms with Gasteiger partial charge in [0.2, 0.25) is 0 Å². The van der Waals surface area contributed by atoms with Crippen molar-refractivity contribution in [3.05, 3.63) is 24.3 Å². The molecule has 91 heavy (non-hydrogen) atoms. The summed E-state index contributed by atoms with van der Waals surface area (Å²) in [5.74, 6) is -2.84. The SMILES string of the molecule is COC1CC(C=CC(=O)OC[C@H]2O[C@@H](OC3CCC(C=CC(=O)O[C@@H]4[C@@H](O)[C@@H](O)[C@H](OC[C@H]5O[C@@H](OC6CC7C(CC(O)CC7O[C@@H]7O[C@H](CO)[C@@H](O)[C@H](O)[C@H]7O)OC6C6CC(OC)C(O)C(OC)C6)[C@H](O)[C@@H](O)[C@@H]5O)O[C@H]4C)CC3)[C@H](O)[C@@H](O)[C@@H]2O)CCC1O. The molecule has 0 aromatic carbocycles. The number of esters is 2. The Morgan fingerprint density at radius 2 is 0.989 bits per heavy atom. The average molecular weight is 1310 g/mol. The van der Waals surface area contributed by atoms with Gasteiger partial charge in [-0.3, -0.25) is 0 Å². The van der Waals surface area contributed by atoms with Gasteiger partial charge >= 0.3 is 11.9 Å². The second-order valence-electron chi connectivity index (χ2n) is 25.9. The van der Waals surface area contributed by atoms with Crippen LogP contribution in [-0.4, -0.2) is 320 Å². The van der Waals surface area contributed by atoms with Gasteiger partial charge in [0.1, 0.15) is 98.2 Å². The summed E-state index contributed by atoms with van der Waals surface area (Å²) >= 11 is 0. The lowest BCUT2D eigenvalue weighted by Gasteiger charge is -2.53. The lowest BCUT2D eigenvalue weighted by molar-refractivity contribution is -0.352. The Hall–Kier alpha value is -2.66. The van der Waals surface area contributed by atoms with Crippen LogP contribution >= 0.6 is 0 Å². The first-order chi connectivity index (χ1) is 43.4. The Balaban J connectivity index is 0.760. The number of methoxy groups -OCH3 is 3. The van der Waals surface area contributed by atoms with E-state index in [1.165, 1.54) is 40.4 Å². The van der Waals surface area contributed by atoms with E-state index in [4.69, 9.17) is 66.3 Å². The predicted octanol–water partition coefficient (Wildman–Crippen LogP) is -5.30. The molecule has 0 spiro atoms. The fourth-order valence-corrected chi connectivity index (χ4v) is 14.4. The molecule has 0 aromatic heterocycles. The van der Waals surface area contributed by atoms with Crippen molar-refractivity contribution in [3.8, 4) is 0 Å². The molecule has 0 amide bonds. The van der Waals surface area contributed by atoms with Crippen molar-refractivity contribution >= 4 is 11.9 Å². The number of rotatable bonds is 21. The van der Waals surface area contributed by atoms with E-state index in [1.54, 1.807) is 12.2 Å². The first kappa shape index (κ1) is 72.6. The molecule has 522 valence electrons. The van der Waals surface area contributed by atoms with Crippen LogP contribution in [0.3, 0.4) is 0 Å². The predicted molar refractivity (Wildman–Crippen MR) is 302 cm³/mol. The molecule has 5 aliphatic heterocycles. The smallest absolute Gasteiger partial charge is 0.330 e. The minimum absolute atomic E-state index is 0.00851. The highest BCUT2D eigenvalue weighted by Crippen LogP contribution is 2.46. The van der Waals surface area contributed by atoms with Crippen molar-refractivity contribution in [2.45, 2.75) is 274 Å². The summed E-state index contributed by atoms with van der Waals surface area (Å²) < 4.78 is 82.4. The van der Waals surface area contributed by atoms with E-state index in [0.717, 1.165) is 0 Å². The molecule has 4 aliphatic carbocycles. The maximum Gasteiger partial charge on any atom is 0.330 e. The van der Waals surface area contributed by atoms with E-state index in [-0.39, 0.29) is 50.0 Å². The normalized spacial score (nSPS) is 49.3. The van der Waals surface area contributed by atoms with Crippen LogP contribution in [0, 0.1) is 23.7 Å². The van der Waals surface area contributed by atoms with Crippen molar-refractivity contribution in [2.75, 3.05) is 41.2 Å². The molecule has 11 unspecified atom stereocenters. The number of fused-ring (bicyclic) bond motifs is 1. The summed E-state index contributed by atoms with van der Waals surface area (Å²) in [6.07, 6.45) is -30.4. The number of carbonyl (C=O) groups is 2. The molecule has 9 fully saturated rings. The highest BCUT2D eigenvalue weighted by atomic mass is 16.7. The van der Waals surface area contributed by atoms with Gasteiger partial charge in [0.25, 0.3) is 0 Å². The number of ether oxygens (including phenoxy) is 14. The van der Waals surface area contributed by atoms with E-state index in [9.17, 15) is 86.2 Å². The summed E-state index contributed by atoms with van der Waals surface area (Å²) in [4.78, 5) is 25.8. The van der Waals surface area contributed by atoms with Gasteiger partial charge in [-0.25, -0.2) is 9.59 Å². The first-order valence-corrected chi connectivity index (χ1v) is 31.7. The van der Waals surface area contributed by atoms with Crippen LogP contribution in [0.1, 0.15) is 84.0 Å². The van der Waals surface area contributed by atoms with Gasteiger partial charge in [-0.1, -0.05) is 12.2 Å². The molecule has 5 heterocycles. The zero-order chi connectivity index (χ0) is 65.7. The number of aliphatic hydroxyl groups is 15. The Morgan fingerprint density at radius 3 is 1.59 bits per heavy atom. The molecule has 4 saturated carbocycles. The van der Waals surface area contributed by atoms with E-state index in [0.29, 0.717) is 44.9 Å². The van der Waals surface area contributed by atoms with Crippen LogP contribution in [0.15, 0.2) is 24.3 Å². The number of hydrogen-bond donors (Lipinski definition) is 15. The van der Waals surface area contributed by atoms with Gasteiger partial charge in [-0.2, -0.15) is 0 Å². The number of allylic oxidation sites excluding steroid dienone is 2. The average Bonchev–Trinajstić information content (AvgIpc) is 0.794. The van der Waals surface area contributed by atoms with Crippen LogP contribution in [-0.2, 0) is 75.9 Å². The van der Waals surface area contributed by atoms with Crippen LogP contribution in [0.5, 0.6) is 0 Å². The van der Waals surface area contributed by atoms with E-state index < -0.39 is 227 Å². The van der Waals surface area contributed by atoms with Crippen molar-refractivity contribution < 1.29 is 153 Å². The van der Waals surface area contributed by atoms with Crippen LogP contribution in [0.2, 0.25) is 0 Å². The third-order valence-electron chi connectivity index (χ3n) is 19.9. The Labute approximate surface area is 526 Å². The highest BCUT2D eigenvalue weighted by molar-refractivity contribution is 5.82. The number of aliphatic hydroxyl groups excluding tert-OH is 15. The fourth-order valence-electron chi connectivity index (χ4n) is 14.4. The van der Waals surface area contributed by atoms with Crippen LogP contribution in [0.25, 0.3) is 0 Å².